The van der Waals surface area contributed by atoms with Gasteiger partial charge in [-0.1, -0.05) is 12.1 Å². The van der Waals surface area contributed by atoms with Gasteiger partial charge in [0.05, 0.1) is 12.2 Å². The van der Waals surface area contributed by atoms with Crippen LogP contribution in [0, 0.1) is 0 Å². The summed E-state index contributed by atoms with van der Waals surface area (Å²) < 4.78 is 0. The summed E-state index contributed by atoms with van der Waals surface area (Å²) in [4.78, 5) is 20.3. The van der Waals surface area contributed by atoms with Crippen LogP contribution in [-0.2, 0) is 13.1 Å². The van der Waals surface area contributed by atoms with Crippen LogP contribution in [0.2, 0.25) is 0 Å². The average Bonchev–Trinajstić information content (AvgIpc) is 2.66. The number of anilines is 1. The van der Waals surface area contributed by atoms with Gasteiger partial charge in [-0.05, 0) is 35.9 Å². The van der Waals surface area contributed by atoms with E-state index in [1.54, 1.807) is 30.7 Å². The Kier molecular flexibility index (Phi) is 5.03. The molecule has 1 amide bonds. The fourth-order valence-corrected chi connectivity index (χ4v) is 2.01. The van der Waals surface area contributed by atoms with Crippen molar-refractivity contribution in [1.29, 1.82) is 0 Å². The Bertz CT molecular complexity index is 777. The third-order valence-electron chi connectivity index (χ3n) is 3.25. The number of carbonyl (C=O) groups is 1. The van der Waals surface area contributed by atoms with Gasteiger partial charge in [-0.15, -0.1) is 10.2 Å². The highest BCUT2D eigenvalue weighted by Gasteiger charge is 2.08. The molecule has 3 aromatic rings. The molecule has 0 aliphatic heterocycles. The second-order valence-electron chi connectivity index (χ2n) is 5.02. The lowest BCUT2D eigenvalue weighted by Gasteiger charge is -2.06. The predicted molar refractivity (Wildman–Crippen MR) is 89.0 cm³/mol. The monoisotopic (exact) mass is 320 g/mol. The molecule has 3 aromatic heterocycles. The van der Waals surface area contributed by atoms with Crippen molar-refractivity contribution < 1.29 is 4.79 Å². The van der Waals surface area contributed by atoms with E-state index in [9.17, 15) is 4.79 Å². The summed E-state index contributed by atoms with van der Waals surface area (Å²) >= 11 is 0. The molecule has 0 radical (unpaired) electrons. The molecule has 0 aliphatic carbocycles. The summed E-state index contributed by atoms with van der Waals surface area (Å²) in [5.41, 5.74) is 2.09. The number of aromatic nitrogens is 4. The first-order chi connectivity index (χ1) is 11.8. The third-order valence-corrected chi connectivity index (χ3v) is 3.25. The van der Waals surface area contributed by atoms with E-state index < -0.39 is 0 Å². The van der Waals surface area contributed by atoms with E-state index in [4.69, 9.17) is 0 Å². The van der Waals surface area contributed by atoms with Gasteiger partial charge < -0.3 is 10.6 Å². The van der Waals surface area contributed by atoms with Crippen molar-refractivity contribution in [2.45, 2.75) is 13.1 Å². The summed E-state index contributed by atoms with van der Waals surface area (Å²) in [6.07, 6.45) is 5.13. The molecule has 0 atom stereocenters. The van der Waals surface area contributed by atoms with Gasteiger partial charge in [-0.2, -0.15) is 0 Å². The molecule has 0 saturated heterocycles. The number of amides is 1. The molecule has 0 bridgehead atoms. The molecular weight excluding hydrogens is 304 g/mol. The molecule has 3 heterocycles. The number of pyridine rings is 2. The molecule has 2 N–H and O–H groups in total. The zero-order chi connectivity index (χ0) is 16.6. The molecule has 120 valence electrons. The van der Waals surface area contributed by atoms with Crippen molar-refractivity contribution >= 4 is 11.7 Å². The van der Waals surface area contributed by atoms with Crippen molar-refractivity contribution in [3.8, 4) is 0 Å². The molecular formula is C17H16N6O. The van der Waals surface area contributed by atoms with Gasteiger partial charge in [0.15, 0.2) is 5.69 Å². The number of nitrogens with one attached hydrogen (secondary N) is 2. The summed E-state index contributed by atoms with van der Waals surface area (Å²) in [6, 6.07) is 12.8. The van der Waals surface area contributed by atoms with Crippen LogP contribution in [0.4, 0.5) is 5.82 Å². The maximum atomic E-state index is 12.0. The van der Waals surface area contributed by atoms with Crippen molar-refractivity contribution in [3.63, 3.8) is 0 Å². The predicted octanol–water partition coefficient (Wildman–Crippen LogP) is 1.81. The smallest absolute Gasteiger partial charge is 0.272 e. The second-order valence-corrected chi connectivity index (χ2v) is 5.02. The number of carbonyl (C=O) groups excluding carboxylic acids is 1. The van der Waals surface area contributed by atoms with Crippen LogP contribution in [0.3, 0.4) is 0 Å². The van der Waals surface area contributed by atoms with E-state index in [0.29, 0.717) is 18.9 Å². The Balaban J connectivity index is 1.53. The highest BCUT2D eigenvalue weighted by atomic mass is 16.1. The Labute approximate surface area is 139 Å². The van der Waals surface area contributed by atoms with Crippen molar-refractivity contribution in [2.24, 2.45) is 0 Å². The van der Waals surface area contributed by atoms with E-state index in [1.807, 2.05) is 30.3 Å². The van der Waals surface area contributed by atoms with Crippen LogP contribution in [0.5, 0.6) is 0 Å². The largest absolute Gasteiger partial charge is 0.363 e. The quantitative estimate of drug-likeness (QED) is 0.719. The minimum atomic E-state index is -0.275. The Morgan fingerprint density at radius 3 is 2.62 bits per heavy atom. The van der Waals surface area contributed by atoms with Gasteiger partial charge in [-0.3, -0.25) is 14.8 Å². The van der Waals surface area contributed by atoms with E-state index in [2.05, 4.69) is 30.8 Å². The first kappa shape index (κ1) is 15.5. The summed E-state index contributed by atoms with van der Waals surface area (Å²) in [6.45, 7) is 0.941. The van der Waals surface area contributed by atoms with Crippen LogP contribution in [0.25, 0.3) is 0 Å². The van der Waals surface area contributed by atoms with Crippen molar-refractivity contribution in [2.75, 3.05) is 5.32 Å². The van der Waals surface area contributed by atoms with E-state index in [0.717, 1.165) is 11.3 Å². The minimum absolute atomic E-state index is 0.266. The molecule has 7 nitrogen and oxygen atoms in total. The number of nitrogens with zero attached hydrogens (tertiary/aromatic N) is 4. The third kappa shape index (κ3) is 4.33. The molecule has 0 fully saturated rings. The molecule has 7 heteroatoms. The first-order valence-electron chi connectivity index (χ1n) is 7.46. The van der Waals surface area contributed by atoms with Gasteiger partial charge in [0, 0.05) is 25.1 Å². The lowest BCUT2D eigenvalue weighted by Crippen LogP contribution is -2.24. The molecule has 0 aliphatic rings. The normalized spacial score (nSPS) is 10.2. The minimum Gasteiger partial charge on any atom is -0.363 e. The standard InChI is InChI=1S/C17H16N6O/c24-17(21-11-13-4-3-8-18-10-13)15-6-7-16(23-22-15)20-12-14-5-1-2-9-19-14/h1-10H,11-12H2,(H,20,23)(H,21,24). The van der Waals surface area contributed by atoms with E-state index >= 15 is 0 Å². The highest BCUT2D eigenvalue weighted by Crippen LogP contribution is 2.05. The fraction of sp³-hybridized carbons (Fsp3) is 0.118. The number of hydrogen-bond acceptors (Lipinski definition) is 6. The van der Waals surface area contributed by atoms with Gasteiger partial charge in [-0.25, -0.2) is 0 Å². The van der Waals surface area contributed by atoms with Gasteiger partial charge in [0.1, 0.15) is 5.82 Å². The number of rotatable bonds is 6. The highest BCUT2D eigenvalue weighted by molar-refractivity contribution is 5.92. The summed E-state index contributed by atoms with van der Waals surface area (Å²) in [5.74, 6) is 0.312. The van der Waals surface area contributed by atoms with E-state index in [-0.39, 0.29) is 11.6 Å². The SMILES string of the molecule is O=C(NCc1cccnc1)c1ccc(NCc2ccccn2)nn1. The van der Waals surface area contributed by atoms with Crippen LogP contribution >= 0.6 is 0 Å². The molecule has 0 saturated carbocycles. The average molecular weight is 320 g/mol. The number of hydrogen-bond donors (Lipinski definition) is 2. The topological polar surface area (TPSA) is 92.7 Å². The maximum absolute atomic E-state index is 12.0. The zero-order valence-electron chi connectivity index (χ0n) is 12.9. The lowest BCUT2D eigenvalue weighted by molar-refractivity contribution is 0.0945. The van der Waals surface area contributed by atoms with Crippen molar-refractivity contribution in [1.82, 2.24) is 25.5 Å². The Morgan fingerprint density at radius 2 is 1.92 bits per heavy atom. The fourth-order valence-electron chi connectivity index (χ4n) is 2.01. The van der Waals surface area contributed by atoms with E-state index in [1.165, 1.54) is 0 Å². The van der Waals surface area contributed by atoms with Crippen LogP contribution in [0.1, 0.15) is 21.7 Å². The zero-order valence-corrected chi connectivity index (χ0v) is 12.9. The molecule has 0 spiro atoms. The Hall–Kier alpha value is -3.35. The molecule has 0 unspecified atom stereocenters. The Morgan fingerprint density at radius 1 is 0.958 bits per heavy atom. The van der Waals surface area contributed by atoms with Crippen LogP contribution < -0.4 is 10.6 Å². The second kappa shape index (κ2) is 7.77. The van der Waals surface area contributed by atoms with Gasteiger partial charge >= 0.3 is 0 Å². The van der Waals surface area contributed by atoms with Crippen LogP contribution in [0.15, 0.2) is 61.1 Å². The molecule has 3 rings (SSSR count). The van der Waals surface area contributed by atoms with Crippen LogP contribution in [-0.4, -0.2) is 26.1 Å². The maximum Gasteiger partial charge on any atom is 0.272 e. The first-order valence-corrected chi connectivity index (χ1v) is 7.46. The summed E-state index contributed by atoms with van der Waals surface area (Å²) in [5, 5.41) is 13.8. The summed E-state index contributed by atoms with van der Waals surface area (Å²) in [7, 11) is 0. The van der Waals surface area contributed by atoms with Crippen molar-refractivity contribution in [3.05, 3.63) is 78.0 Å². The molecule has 24 heavy (non-hydrogen) atoms. The lowest BCUT2D eigenvalue weighted by atomic mass is 10.3. The molecule has 0 aromatic carbocycles. The van der Waals surface area contributed by atoms with Gasteiger partial charge in [0.25, 0.3) is 5.91 Å². The van der Waals surface area contributed by atoms with Gasteiger partial charge in [0.2, 0.25) is 0 Å².